The Morgan fingerprint density at radius 1 is 1.03 bits per heavy atom. The molecule has 0 radical (unpaired) electrons. The number of nitrogen functional groups attached to an aromatic ring is 1. The van der Waals surface area contributed by atoms with E-state index in [9.17, 15) is 18.3 Å². The van der Waals surface area contributed by atoms with Crippen LogP contribution in [0.2, 0.25) is 0 Å². The second-order valence-electron chi connectivity index (χ2n) is 6.35. The van der Waals surface area contributed by atoms with E-state index in [1.807, 2.05) is 0 Å². The van der Waals surface area contributed by atoms with Gasteiger partial charge in [-0.3, -0.25) is 4.79 Å². The minimum absolute atomic E-state index is 0.0174. The summed E-state index contributed by atoms with van der Waals surface area (Å²) in [7, 11) is -2.61. The molecule has 0 bridgehead atoms. The zero-order valence-corrected chi connectivity index (χ0v) is 16.9. The Kier molecular flexibility index (Phi) is 5.79. The molecule has 0 saturated heterocycles. The Hall–Kier alpha value is -3.78. The number of nitrogens with two attached hydrogens (primary N) is 1. The number of anilines is 2. The lowest BCUT2D eigenvalue weighted by Gasteiger charge is -2.15. The molecule has 8 heteroatoms. The molecular formula is C22H20N2O5S. The first kappa shape index (κ1) is 20.9. The Morgan fingerprint density at radius 3 is 2.33 bits per heavy atom. The number of aliphatic hydroxyl groups is 1. The smallest absolute Gasteiger partial charge is 0.259 e. The van der Waals surface area contributed by atoms with Crippen molar-refractivity contribution in [2.75, 3.05) is 18.2 Å². The molecule has 0 aliphatic rings. The lowest BCUT2D eigenvalue weighted by Crippen LogP contribution is -2.19. The lowest BCUT2D eigenvalue weighted by molar-refractivity contribution is 0.102. The Balaban J connectivity index is 2.06. The highest BCUT2D eigenvalue weighted by Gasteiger charge is 2.27. The molecular weight excluding hydrogens is 404 g/mol. The maximum Gasteiger partial charge on any atom is 0.259 e. The Labute approximate surface area is 174 Å². The molecule has 3 rings (SSSR count). The molecule has 3 aromatic carbocycles. The van der Waals surface area contributed by atoms with Gasteiger partial charge in [-0.15, -0.1) is 0 Å². The van der Waals surface area contributed by atoms with Crippen LogP contribution < -0.4 is 15.8 Å². The van der Waals surface area contributed by atoms with E-state index in [4.69, 9.17) is 10.5 Å². The summed E-state index contributed by atoms with van der Waals surface area (Å²) in [4.78, 5) is 12.7. The number of carbonyl (C=O) groups is 1. The van der Waals surface area contributed by atoms with Crippen LogP contribution in [0.4, 0.5) is 11.4 Å². The van der Waals surface area contributed by atoms with Gasteiger partial charge in [0.2, 0.25) is 9.84 Å². The Morgan fingerprint density at radius 2 is 1.70 bits per heavy atom. The standard InChI is InChI=1S/C22H20N2O5S/c1-14(25)15-10-12-16(13-11-15)30(27,28)20-9-5-6-17(23)21(20)22(26)24-18-7-3-4-8-19(18)29-2/h3-13,25H,1,23H2,2H3,(H,24,26). The molecule has 0 atom stereocenters. The average molecular weight is 424 g/mol. The van der Waals surface area contributed by atoms with E-state index in [0.29, 0.717) is 17.0 Å². The van der Waals surface area contributed by atoms with Crippen LogP contribution in [-0.4, -0.2) is 26.5 Å². The van der Waals surface area contributed by atoms with Crippen molar-refractivity contribution in [3.05, 3.63) is 84.4 Å². The molecule has 30 heavy (non-hydrogen) atoms. The number of para-hydroxylation sites is 2. The van der Waals surface area contributed by atoms with Crippen molar-refractivity contribution in [2.45, 2.75) is 9.79 Å². The van der Waals surface area contributed by atoms with E-state index in [2.05, 4.69) is 11.9 Å². The number of rotatable bonds is 6. The van der Waals surface area contributed by atoms with E-state index in [1.165, 1.54) is 49.6 Å². The molecule has 1 amide bonds. The molecule has 0 aliphatic heterocycles. The number of aliphatic hydroxyl groups excluding tert-OH is 1. The van der Waals surface area contributed by atoms with Gasteiger partial charge in [-0.2, -0.15) is 0 Å². The lowest BCUT2D eigenvalue weighted by atomic mass is 10.1. The molecule has 0 fully saturated rings. The van der Waals surface area contributed by atoms with E-state index in [0.717, 1.165) is 0 Å². The van der Waals surface area contributed by atoms with Gasteiger partial charge in [0.15, 0.2) is 0 Å². The van der Waals surface area contributed by atoms with Crippen LogP contribution in [0.3, 0.4) is 0 Å². The monoisotopic (exact) mass is 424 g/mol. The third-order valence-corrected chi connectivity index (χ3v) is 6.24. The third kappa shape index (κ3) is 3.99. The van der Waals surface area contributed by atoms with E-state index in [-0.39, 0.29) is 26.8 Å². The van der Waals surface area contributed by atoms with E-state index in [1.54, 1.807) is 24.3 Å². The van der Waals surface area contributed by atoms with Crippen LogP contribution in [0.5, 0.6) is 5.75 Å². The van der Waals surface area contributed by atoms with Crippen molar-refractivity contribution >= 4 is 32.9 Å². The van der Waals surface area contributed by atoms with Gasteiger partial charge in [0.1, 0.15) is 11.5 Å². The van der Waals surface area contributed by atoms with Crippen LogP contribution in [-0.2, 0) is 9.84 Å². The van der Waals surface area contributed by atoms with Crippen LogP contribution in [0.15, 0.2) is 83.1 Å². The highest BCUT2D eigenvalue weighted by atomic mass is 32.2. The first-order valence-electron chi connectivity index (χ1n) is 8.82. The molecule has 4 N–H and O–H groups in total. The van der Waals surface area contributed by atoms with Gasteiger partial charge in [0.25, 0.3) is 5.91 Å². The summed E-state index contributed by atoms with van der Waals surface area (Å²) in [5, 5.41) is 12.1. The number of hydrogen-bond acceptors (Lipinski definition) is 6. The van der Waals surface area contributed by atoms with Gasteiger partial charge in [-0.25, -0.2) is 8.42 Å². The van der Waals surface area contributed by atoms with Crippen LogP contribution >= 0.6 is 0 Å². The summed E-state index contributed by atoms with van der Waals surface area (Å²) in [6.07, 6.45) is 0. The highest BCUT2D eigenvalue weighted by molar-refractivity contribution is 7.91. The fourth-order valence-electron chi connectivity index (χ4n) is 2.90. The first-order valence-corrected chi connectivity index (χ1v) is 10.3. The summed E-state index contributed by atoms with van der Waals surface area (Å²) in [6.45, 7) is 3.40. The van der Waals surface area contributed by atoms with Crippen molar-refractivity contribution < 1.29 is 23.1 Å². The van der Waals surface area contributed by atoms with Crippen molar-refractivity contribution in [3.63, 3.8) is 0 Å². The van der Waals surface area contributed by atoms with Crippen LogP contribution in [0.25, 0.3) is 5.76 Å². The number of sulfone groups is 1. The zero-order chi connectivity index (χ0) is 21.9. The maximum atomic E-state index is 13.2. The van der Waals surface area contributed by atoms with Gasteiger partial charge in [-0.05, 0) is 48.5 Å². The molecule has 0 aromatic heterocycles. The second-order valence-corrected chi connectivity index (χ2v) is 8.27. The number of nitrogens with one attached hydrogen (secondary N) is 1. The molecule has 0 unspecified atom stereocenters. The number of amides is 1. The predicted molar refractivity (Wildman–Crippen MR) is 115 cm³/mol. The SMILES string of the molecule is C=C(O)c1ccc(S(=O)(=O)c2cccc(N)c2C(=O)Nc2ccccc2OC)cc1. The van der Waals surface area contributed by atoms with Crippen molar-refractivity contribution in [2.24, 2.45) is 0 Å². The highest BCUT2D eigenvalue weighted by Crippen LogP contribution is 2.30. The molecule has 0 spiro atoms. The molecule has 3 aromatic rings. The summed E-state index contributed by atoms with van der Waals surface area (Å²) in [6, 6.07) is 16.5. The number of ether oxygens (including phenoxy) is 1. The summed E-state index contributed by atoms with van der Waals surface area (Å²) in [5.41, 5.74) is 6.60. The zero-order valence-electron chi connectivity index (χ0n) is 16.1. The largest absolute Gasteiger partial charge is 0.508 e. The maximum absolute atomic E-state index is 13.2. The summed E-state index contributed by atoms with van der Waals surface area (Å²) < 4.78 is 31.7. The van der Waals surface area contributed by atoms with Gasteiger partial charge in [0.05, 0.1) is 28.2 Å². The van der Waals surface area contributed by atoms with Crippen molar-refractivity contribution in [1.82, 2.24) is 0 Å². The van der Waals surface area contributed by atoms with Gasteiger partial charge in [-0.1, -0.05) is 24.8 Å². The van der Waals surface area contributed by atoms with Gasteiger partial charge < -0.3 is 20.9 Å². The van der Waals surface area contributed by atoms with Crippen LogP contribution in [0.1, 0.15) is 15.9 Å². The van der Waals surface area contributed by atoms with E-state index >= 15 is 0 Å². The number of hydrogen-bond donors (Lipinski definition) is 3. The number of methoxy groups -OCH3 is 1. The average Bonchev–Trinajstić information content (AvgIpc) is 2.73. The molecule has 7 nitrogen and oxygen atoms in total. The van der Waals surface area contributed by atoms with Gasteiger partial charge >= 0.3 is 0 Å². The normalized spacial score (nSPS) is 11.0. The van der Waals surface area contributed by atoms with Crippen molar-refractivity contribution in [1.29, 1.82) is 0 Å². The minimum atomic E-state index is -4.07. The quantitative estimate of drug-likeness (QED) is 0.408. The van der Waals surface area contributed by atoms with E-state index < -0.39 is 15.7 Å². The number of benzene rings is 3. The predicted octanol–water partition coefficient (Wildman–Crippen LogP) is 3.89. The molecule has 154 valence electrons. The fourth-order valence-corrected chi connectivity index (χ4v) is 4.39. The van der Waals surface area contributed by atoms with Crippen LogP contribution in [0, 0.1) is 0 Å². The molecule has 0 aliphatic carbocycles. The second kappa shape index (κ2) is 8.30. The minimum Gasteiger partial charge on any atom is -0.508 e. The van der Waals surface area contributed by atoms with Gasteiger partial charge in [0, 0.05) is 11.3 Å². The third-order valence-electron chi connectivity index (χ3n) is 4.43. The summed E-state index contributed by atoms with van der Waals surface area (Å²) in [5.74, 6) is -0.444. The molecule has 0 heterocycles. The topological polar surface area (TPSA) is 119 Å². The first-order chi connectivity index (χ1) is 14.3. The molecule has 0 saturated carbocycles. The number of carbonyl (C=O) groups excluding carboxylic acids is 1. The van der Waals surface area contributed by atoms with Crippen molar-refractivity contribution in [3.8, 4) is 5.75 Å². The summed E-state index contributed by atoms with van der Waals surface area (Å²) >= 11 is 0. The Bertz CT molecular complexity index is 1220. The fraction of sp³-hybridized carbons (Fsp3) is 0.0455.